The lowest BCUT2D eigenvalue weighted by atomic mass is 9.86. The molecule has 2 heterocycles. The van der Waals surface area contributed by atoms with Gasteiger partial charge >= 0.3 is 0 Å². The van der Waals surface area contributed by atoms with Gasteiger partial charge in [-0.05, 0) is 49.7 Å². The number of anilines is 1. The predicted octanol–water partition coefficient (Wildman–Crippen LogP) is 3.86. The lowest BCUT2D eigenvalue weighted by Crippen LogP contribution is -2.46. The number of piperidine rings is 1. The Morgan fingerprint density at radius 2 is 2.10 bits per heavy atom. The number of pyridine rings is 1. The summed E-state index contributed by atoms with van der Waals surface area (Å²) in [5.41, 5.74) is 1.18. The quantitative estimate of drug-likeness (QED) is 0.915. The van der Waals surface area contributed by atoms with Crippen molar-refractivity contribution in [2.24, 2.45) is 11.8 Å². The summed E-state index contributed by atoms with van der Waals surface area (Å²) in [5.74, 6) is 2.34. The highest BCUT2D eigenvalue weighted by Gasteiger charge is 2.30. The molecule has 0 amide bonds. The van der Waals surface area contributed by atoms with Crippen LogP contribution in [0.4, 0.5) is 5.82 Å². The van der Waals surface area contributed by atoms with Crippen molar-refractivity contribution in [2.45, 2.75) is 58.7 Å². The molecule has 3 atom stereocenters. The Morgan fingerprint density at radius 3 is 2.76 bits per heavy atom. The van der Waals surface area contributed by atoms with E-state index < -0.39 is 0 Å². The molecule has 116 valence electrons. The van der Waals surface area contributed by atoms with Crippen molar-refractivity contribution in [1.82, 2.24) is 10.3 Å². The Kier molecular flexibility index (Phi) is 4.41. The van der Waals surface area contributed by atoms with Crippen LogP contribution in [-0.2, 0) is 6.54 Å². The fourth-order valence-electron chi connectivity index (χ4n) is 3.32. The fourth-order valence-corrected chi connectivity index (χ4v) is 3.62. The summed E-state index contributed by atoms with van der Waals surface area (Å²) < 4.78 is 0. The van der Waals surface area contributed by atoms with Gasteiger partial charge in [0.2, 0.25) is 0 Å². The number of rotatable bonds is 4. The Hall–Kier alpha value is -0.800. The molecule has 0 radical (unpaired) electrons. The maximum atomic E-state index is 6.52. The second-order valence-corrected chi connectivity index (χ2v) is 7.42. The molecular weight excluding hydrogens is 282 g/mol. The molecule has 0 aromatic carbocycles. The normalized spacial score (nSPS) is 29.7. The molecule has 3 unspecified atom stereocenters. The zero-order valence-corrected chi connectivity index (χ0v) is 14.0. The standard InChI is InChI=1S/C17H26ClN3/c1-11-6-12(2)13(3)21(10-11)17-16(18)7-14(9-20-17)8-19-15-4-5-15/h7,9,11-13,15,19H,4-6,8,10H2,1-3H3. The van der Waals surface area contributed by atoms with Gasteiger partial charge in [0, 0.05) is 31.4 Å². The summed E-state index contributed by atoms with van der Waals surface area (Å²) in [6.07, 6.45) is 5.88. The van der Waals surface area contributed by atoms with Gasteiger partial charge < -0.3 is 10.2 Å². The maximum Gasteiger partial charge on any atom is 0.147 e. The molecule has 1 saturated carbocycles. The molecule has 4 heteroatoms. The third kappa shape index (κ3) is 3.51. The predicted molar refractivity (Wildman–Crippen MR) is 88.9 cm³/mol. The van der Waals surface area contributed by atoms with E-state index in [4.69, 9.17) is 11.6 Å². The highest BCUT2D eigenvalue weighted by molar-refractivity contribution is 6.33. The molecule has 1 aliphatic carbocycles. The Labute approximate surface area is 133 Å². The van der Waals surface area contributed by atoms with Crippen LogP contribution in [0.25, 0.3) is 0 Å². The van der Waals surface area contributed by atoms with Crippen molar-refractivity contribution in [1.29, 1.82) is 0 Å². The van der Waals surface area contributed by atoms with Crippen LogP contribution in [-0.4, -0.2) is 23.6 Å². The van der Waals surface area contributed by atoms with Crippen LogP contribution in [0.1, 0.15) is 45.6 Å². The average Bonchev–Trinajstić information content (AvgIpc) is 3.25. The second-order valence-electron chi connectivity index (χ2n) is 7.02. The molecule has 3 rings (SSSR count). The van der Waals surface area contributed by atoms with Gasteiger partial charge in [-0.3, -0.25) is 0 Å². The lowest BCUT2D eigenvalue weighted by molar-refractivity contribution is 0.295. The van der Waals surface area contributed by atoms with Crippen molar-refractivity contribution in [3.8, 4) is 0 Å². The van der Waals surface area contributed by atoms with E-state index in [1.807, 2.05) is 6.20 Å². The molecule has 1 aromatic heterocycles. The van der Waals surface area contributed by atoms with Gasteiger partial charge in [-0.1, -0.05) is 25.4 Å². The number of nitrogens with one attached hydrogen (secondary N) is 1. The highest BCUT2D eigenvalue weighted by atomic mass is 35.5. The smallest absolute Gasteiger partial charge is 0.147 e. The van der Waals surface area contributed by atoms with Crippen LogP contribution in [0.3, 0.4) is 0 Å². The SMILES string of the molecule is CC1CC(C)C(C)N(c2ncc(CNC3CC3)cc2Cl)C1. The number of hydrogen-bond acceptors (Lipinski definition) is 3. The monoisotopic (exact) mass is 307 g/mol. The molecule has 1 saturated heterocycles. The average molecular weight is 308 g/mol. The summed E-state index contributed by atoms with van der Waals surface area (Å²) in [5, 5.41) is 4.30. The number of aromatic nitrogens is 1. The third-order valence-electron chi connectivity index (χ3n) is 4.92. The van der Waals surface area contributed by atoms with E-state index in [0.29, 0.717) is 23.9 Å². The molecule has 2 fully saturated rings. The minimum absolute atomic E-state index is 0.502. The number of nitrogens with zero attached hydrogens (tertiary/aromatic N) is 2. The zero-order valence-electron chi connectivity index (χ0n) is 13.3. The van der Waals surface area contributed by atoms with E-state index in [0.717, 1.165) is 23.9 Å². The summed E-state index contributed by atoms with van der Waals surface area (Å²) in [6.45, 7) is 8.86. The first kappa shape index (κ1) is 15.1. The van der Waals surface area contributed by atoms with Gasteiger partial charge in [0.1, 0.15) is 5.82 Å². The molecule has 1 aromatic rings. The first-order chi connectivity index (χ1) is 10.0. The second kappa shape index (κ2) is 6.13. The van der Waals surface area contributed by atoms with Gasteiger partial charge in [0.25, 0.3) is 0 Å². The third-order valence-corrected chi connectivity index (χ3v) is 5.20. The van der Waals surface area contributed by atoms with Crippen LogP contribution in [0.2, 0.25) is 5.02 Å². The van der Waals surface area contributed by atoms with E-state index in [9.17, 15) is 0 Å². The van der Waals surface area contributed by atoms with Crippen LogP contribution in [0, 0.1) is 11.8 Å². The van der Waals surface area contributed by atoms with E-state index in [1.54, 1.807) is 0 Å². The van der Waals surface area contributed by atoms with Gasteiger partial charge in [-0.25, -0.2) is 4.98 Å². The van der Waals surface area contributed by atoms with Crippen LogP contribution >= 0.6 is 11.6 Å². The van der Waals surface area contributed by atoms with Crippen molar-refractivity contribution < 1.29 is 0 Å². The molecule has 0 spiro atoms. The highest BCUT2D eigenvalue weighted by Crippen LogP contribution is 2.34. The first-order valence-electron chi connectivity index (χ1n) is 8.19. The van der Waals surface area contributed by atoms with Crippen LogP contribution < -0.4 is 10.2 Å². The summed E-state index contributed by atoms with van der Waals surface area (Å²) in [7, 11) is 0. The maximum absolute atomic E-state index is 6.52. The molecule has 1 aliphatic heterocycles. The number of halogens is 1. The van der Waals surface area contributed by atoms with Gasteiger partial charge in [-0.2, -0.15) is 0 Å². The Morgan fingerprint density at radius 1 is 1.33 bits per heavy atom. The summed E-state index contributed by atoms with van der Waals surface area (Å²) in [4.78, 5) is 7.06. The van der Waals surface area contributed by atoms with Crippen LogP contribution in [0.15, 0.2) is 12.3 Å². The van der Waals surface area contributed by atoms with Gasteiger partial charge in [0.05, 0.1) is 5.02 Å². The molecule has 21 heavy (non-hydrogen) atoms. The van der Waals surface area contributed by atoms with Crippen molar-refractivity contribution >= 4 is 17.4 Å². The van der Waals surface area contributed by atoms with Crippen LogP contribution in [0.5, 0.6) is 0 Å². The Balaban J connectivity index is 1.74. The van der Waals surface area contributed by atoms with E-state index in [-0.39, 0.29) is 0 Å². The largest absolute Gasteiger partial charge is 0.352 e. The molecule has 0 bridgehead atoms. The minimum atomic E-state index is 0.502. The first-order valence-corrected chi connectivity index (χ1v) is 8.57. The molecule has 3 nitrogen and oxygen atoms in total. The number of hydrogen-bond donors (Lipinski definition) is 1. The minimum Gasteiger partial charge on any atom is -0.352 e. The summed E-state index contributed by atoms with van der Waals surface area (Å²) in [6, 6.07) is 3.30. The van der Waals surface area contributed by atoms with Crippen molar-refractivity contribution in [3.05, 3.63) is 22.8 Å². The fraction of sp³-hybridized carbons (Fsp3) is 0.706. The molecule has 2 aliphatic rings. The lowest BCUT2D eigenvalue weighted by Gasteiger charge is -2.42. The van der Waals surface area contributed by atoms with Gasteiger partial charge in [0.15, 0.2) is 0 Å². The summed E-state index contributed by atoms with van der Waals surface area (Å²) >= 11 is 6.52. The topological polar surface area (TPSA) is 28.2 Å². The Bertz CT molecular complexity index is 501. The van der Waals surface area contributed by atoms with Gasteiger partial charge in [-0.15, -0.1) is 0 Å². The van der Waals surface area contributed by atoms with E-state index >= 15 is 0 Å². The van der Waals surface area contributed by atoms with Crippen molar-refractivity contribution in [3.63, 3.8) is 0 Å². The van der Waals surface area contributed by atoms with E-state index in [1.165, 1.54) is 24.8 Å². The van der Waals surface area contributed by atoms with Crippen molar-refractivity contribution in [2.75, 3.05) is 11.4 Å². The molecule has 1 N–H and O–H groups in total. The van der Waals surface area contributed by atoms with E-state index in [2.05, 4.69) is 42.0 Å². The zero-order chi connectivity index (χ0) is 15.0. The molecular formula is C17H26ClN3.